The van der Waals surface area contributed by atoms with Crippen LogP contribution in [0.2, 0.25) is 0 Å². The molecule has 0 aliphatic heterocycles. The molecule has 0 aliphatic carbocycles. The van der Waals surface area contributed by atoms with Gasteiger partial charge in [0.05, 0.1) is 5.01 Å². The third-order valence-electron chi connectivity index (χ3n) is 3.17. The maximum Gasteiger partial charge on any atom is 0.251 e. The van der Waals surface area contributed by atoms with E-state index in [1.165, 1.54) is 10.4 Å². The molecular weight excluding hydrogens is 268 g/mol. The van der Waals surface area contributed by atoms with E-state index in [9.17, 15) is 4.79 Å². The van der Waals surface area contributed by atoms with Crippen LogP contribution in [0.5, 0.6) is 0 Å². The first-order valence-electron chi connectivity index (χ1n) is 6.85. The molecule has 0 unspecified atom stereocenters. The summed E-state index contributed by atoms with van der Waals surface area (Å²) in [7, 11) is 0. The van der Waals surface area contributed by atoms with Gasteiger partial charge in [-0.3, -0.25) is 4.79 Å². The van der Waals surface area contributed by atoms with Crippen molar-refractivity contribution >= 4 is 17.2 Å². The Hall–Kier alpha value is -1.68. The molecule has 0 saturated carbocycles. The van der Waals surface area contributed by atoms with Crippen molar-refractivity contribution in [2.45, 2.75) is 33.1 Å². The molecule has 0 aliphatic rings. The number of aromatic nitrogens is 1. The van der Waals surface area contributed by atoms with E-state index in [0.29, 0.717) is 12.5 Å². The van der Waals surface area contributed by atoms with Crippen LogP contribution in [0.25, 0.3) is 0 Å². The zero-order valence-electron chi connectivity index (χ0n) is 12.1. The van der Waals surface area contributed by atoms with Crippen LogP contribution in [-0.2, 0) is 6.42 Å². The van der Waals surface area contributed by atoms with Gasteiger partial charge in [-0.25, -0.2) is 4.98 Å². The summed E-state index contributed by atoms with van der Waals surface area (Å²) in [5, 5.41) is 4.01. The van der Waals surface area contributed by atoms with Crippen molar-refractivity contribution in [3.8, 4) is 0 Å². The number of rotatable bonds is 5. The van der Waals surface area contributed by atoms with Crippen molar-refractivity contribution in [3.63, 3.8) is 0 Å². The first-order valence-corrected chi connectivity index (χ1v) is 7.67. The summed E-state index contributed by atoms with van der Waals surface area (Å²) >= 11 is 1.68. The quantitative estimate of drug-likeness (QED) is 0.914. The fourth-order valence-corrected chi connectivity index (χ4v) is 2.74. The Morgan fingerprint density at radius 2 is 2.00 bits per heavy atom. The zero-order valence-corrected chi connectivity index (χ0v) is 13.0. The molecule has 0 saturated heterocycles. The summed E-state index contributed by atoms with van der Waals surface area (Å²) in [6.45, 7) is 6.92. The summed E-state index contributed by atoms with van der Waals surface area (Å²) in [5.74, 6) is 0.475. The topological polar surface area (TPSA) is 42.0 Å². The lowest BCUT2D eigenvalue weighted by Gasteiger charge is -2.07. The Morgan fingerprint density at radius 3 is 2.55 bits per heavy atom. The Bertz CT molecular complexity index is 572. The average Bonchev–Trinajstić information content (AvgIpc) is 2.84. The summed E-state index contributed by atoms with van der Waals surface area (Å²) in [6.07, 6.45) is 2.71. The van der Waals surface area contributed by atoms with Gasteiger partial charge in [-0.2, -0.15) is 0 Å². The Balaban J connectivity index is 1.85. The van der Waals surface area contributed by atoms with Crippen LogP contribution in [-0.4, -0.2) is 17.4 Å². The molecule has 0 radical (unpaired) electrons. The second-order valence-corrected chi connectivity index (χ2v) is 6.45. The highest BCUT2D eigenvalue weighted by molar-refractivity contribution is 7.11. The minimum absolute atomic E-state index is 0.0125. The van der Waals surface area contributed by atoms with Crippen molar-refractivity contribution in [2.24, 2.45) is 0 Å². The number of amides is 1. The number of nitrogens with one attached hydrogen (secondary N) is 1. The second kappa shape index (κ2) is 6.66. The molecule has 2 aromatic rings. The first-order chi connectivity index (χ1) is 9.56. The molecule has 1 aromatic heterocycles. The van der Waals surface area contributed by atoms with Gasteiger partial charge < -0.3 is 5.32 Å². The van der Waals surface area contributed by atoms with Crippen molar-refractivity contribution < 1.29 is 4.79 Å². The Labute approximate surface area is 124 Å². The SMILES string of the molecule is Cc1ncc(CCNC(=O)c2ccc(C(C)C)cc2)s1. The van der Waals surface area contributed by atoms with E-state index in [4.69, 9.17) is 0 Å². The van der Waals surface area contributed by atoms with E-state index in [0.717, 1.165) is 17.0 Å². The standard InChI is InChI=1S/C16H20N2OS/c1-11(2)13-4-6-14(7-5-13)16(19)17-9-8-15-10-18-12(3)20-15/h4-7,10-11H,8-9H2,1-3H3,(H,17,19). The van der Waals surface area contributed by atoms with Gasteiger partial charge in [-0.05, 0) is 30.5 Å². The largest absolute Gasteiger partial charge is 0.352 e. The van der Waals surface area contributed by atoms with Crippen molar-refractivity contribution in [3.05, 3.63) is 51.5 Å². The molecule has 0 spiro atoms. The van der Waals surface area contributed by atoms with Gasteiger partial charge in [-0.15, -0.1) is 11.3 Å². The van der Waals surface area contributed by atoms with E-state index in [1.54, 1.807) is 11.3 Å². The van der Waals surface area contributed by atoms with Gasteiger partial charge in [0.15, 0.2) is 0 Å². The summed E-state index contributed by atoms with van der Waals surface area (Å²) in [5.41, 5.74) is 1.97. The maximum atomic E-state index is 12.0. The third kappa shape index (κ3) is 3.90. The lowest BCUT2D eigenvalue weighted by Crippen LogP contribution is -2.25. The fourth-order valence-electron chi connectivity index (χ4n) is 1.94. The zero-order chi connectivity index (χ0) is 14.5. The lowest BCUT2D eigenvalue weighted by molar-refractivity contribution is 0.0954. The van der Waals surface area contributed by atoms with Gasteiger partial charge in [0.25, 0.3) is 5.91 Å². The maximum absolute atomic E-state index is 12.0. The van der Waals surface area contributed by atoms with Gasteiger partial charge in [0.2, 0.25) is 0 Å². The molecule has 1 N–H and O–H groups in total. The number of hydrogen-bond donors (Lipinski definition) is 1. The van der Waals surface area contributed by atoms with Crippen molar-refractivity contribution in [2.75, 3.05) is 6.54 Å². The molecule has 1 heterocycles. The second-order valence-electron chi connectivity index (χ2n) is 5.13. The molecule has 106 valence electrons. The Kier molecular flexibility index (Phi) is 4.90. The summed E-state index contributed by atoms with van der Waals surface area (Å²) in [4.78, 5) is 17.4. The van der Waals surface area contributed by atoms with Crippen LogP contribution >= 0.6 is 11.3 Å². The van der Waals surface area contributed by atoms with E-state index < -0.39 is 0 Å². The minimum Gasteiger partial charge on any atom is -0.352 e. The number of carbonyl (C=O) groups excluding carboxylic acids is 1. The molecular formula is C16H20N2OS. The molecule has 0 fully saturated rings. The van der Waals surface area contributed by atoms with E-state index in [-0.39, 0.29) is 5.91 Å². The monoisotopic (exact) mass is 288 g/mol. The Morgan fingerprint density at radius 1 is 1.30 bits per heavy atom. The van der Waals surface area contributed by atoms with Crippen LogP contribution in [0.1, 0.15) is 45.6 Å². The number of nitrogens with zero attached hydrogens (tertiary/aromatic N) is 1. The highest BCUT2D eigenvalue weighted by Crippen LogP contribution is 2.15. The lowest BCUT2D eigenvalue weighted by atomic mass is 10.0. The molecule has 4 heteroatoms. The van der Waals surface area contributed by atoms with Gasteiger partial charge in [0.1, 0.15) is 0 Å². The van der Waals surface area contributed by atoms with Crippen LogP contribution in [0.4, 0.5) is 0 Å². The molecule has 20 heavy (non-hydrogen) atoms. The highest BCUT2D eigenvalue weighted by Gasteiger charge is 2.06. The molecule has 0 bridgehead atoms. The smallest absolute Gasteiger partial charge is 0.251 e. The van der Waals surface area contributed by atoms with E-state index in [2.05, 4.69) is 24.1 Å². The third-order valence-corrected chi connectivity index (χ3v) is 4.14. The van der Waals surface area contributed by atoms with Gasteiger partial charge in [-0.1, -0.05) is 26.0 Å². The minimum atomic E-state index is -0.0125. The van der Waals surface area contributed by atoms with Crippen LogP contribution in [0.3, 0.4) is 0 Å². The van der Waals surface area contributed by atoms with E-state index in [1.807, 2.05) is 37.4 Å². The van der Waals surface area contributed by atoms with E-state index >= 15 is 0 Å². The highest BCUT2D eigenvalue weighted by atomic mass is 32.1. The van der Waals surface area contributed by atoms with Crippen molar-refractivity contribution in [1.82, 2.24) is 10.3 Å². The molecule has 2 rings (SSSR count). The molecule has 1 amide bonds. The van der Waals surface area contributed by atoms with Crippen molar-refractivity contribution in [1.29, 1.82) is 0 Å². The normalized spacial score (nSPS) is 10.8. The number of thiazole rings is 1. The molecule has 1 aromatic carbocycles. The first kappa shape index (κ1) is 14.7. The fraction of sp³-hybridized carbons (Fsp3) is 0.375. The predicted octanol–water partition coefficient (Wildman–Crippen LogP) is 3.55. The van der Waals surface area contributed by atoms with Gasteiger partial charge in [0, 0.05) is 29.6 Å². The predicted molar refractivity (Wildman–Crippen MR) is 83.4 cm³/mol. The average molecular weight is 288 g/mol. The van der Waals surface area contributed by atoms with Crippen LogP contribution in [0.15, 0.2) is 30.5 Å². The number of hydrogen-bond acceptors (Lipinski definition) is 3. The van der Waals surface area contributed by atoms with Crippen LogP contribution < -0.4 is 5.32 Å². The number of benzene rings is 1. The van der Waals surface area contributed by atoms with Gasteiger partial charge >= 0.3 is 0 Å². The molecule has 3 nitrogen and oxygen atoms in total. The number of carbonyl (C=O) groups is 1. The van der Waals surface area contributed by atoms with Crippen LogP contribution in [0, 0.1) is 6.92 Å². The number of aryl methyl sites for hydroxylation is 1. The summed E-state index contributed by atoms with van der Waals surface area (Å²) < 4.78 is 0. The molecule has 0 atom stereocenters. The summed E-state index contributed by atoms with van der Waals surface area (Å²) in [6, 6.07) is 7.82.